The fourth-order valence-electron chi connectivity index (χ4n) is 5.41. The van der Waals surface area contributed by atoms with E-state index in [9.17, 15) is 14.7 Å². The average Bonchev–Trinajstić information content (AvgIpc) is 2.77. The zero-order chi connectivity index (χ0) is 25.9. The van der Waals surface area contributed by atoms with Crippen molar-refractivity contribution in [3.8, 4) is 0 Å². The number of amides is 2. The molecule has 0 spiro atoms. The third kappa shape index (κ3) is 6.19. The van der Waals surface area contributed by atoms with Crippen molar-refractivity contribution in [2.24, 2.45) is 5.41 Å². The predicted molar refractivity (Wildman–Crippen MR) is 142 cm³/mol. The minimum atomic E-state index is -0.947. The SMILES string of the molecule is CCC([C@H](C)O)N1C(=O)[C@@](C)(CC(=O)NC(C)C)C[C@H](c2cccc(Cl)c2)[C@H]1c1ccc(Cl)cc1. The van der Waals surface area contributed by atoms with Gasteiger partial charge in [-0.15, -0.1) is 0 Å². The molecular formula is C28H36Cl2N2O3. The van der Waals surface area contributed by atoms with E-state index < -0.39 is 17.6 Å². The first kappa shape index (κ1) is 27.5. The molecule has 5 atom stereocenters. The van der Waals surface area contributed by atoms with Crippen LogP contribution in [0.2, 0.25) is 10.0 Å². The molecule has 1 aliphatic heterocycles. The molecule has 2 aromatic carbocycles. The maximum Gasteiger partial charge on any atom is 0.229 e. The highest BCUT2D eigenvalue weighted by Gasteiger charge is 2.52. The summed E-state index contributed by atoms with van der Waals surface area (Å²) in [5.74, 6) is -0.421. The van der Waals surface area contributed by atoms with Crippen molar-refractivity contribution in [1.82, 2.24) is 10.2 Å². The normalized spacial score (nSPS) is 24.4. The molecule has 1 saturated heterocycles. The van der Waals surface area contributed by atoms with Crippen LogP contribution in [-0.4, -0.2) is 40.0 Å². The lowest BCUT2D eigenvalue weighted by Crippen LogP contribution is -2.58. The quantitative estimate of drug-likeness (QED) is 0.441. The Kier molecular flexibility index (Phi) is 8.90. The van der Waals surface area contributed by atoms with E-state index in [1.54, 1.807) is 6.92 Å². The molecule has 2 amide bonds. The maximum atomic E-state index is 14.3. The van der Waals surface area contributed by atoms with Gasteiger partial charge in [0.15, 0.2) is 0 Å². The first-order chi connectivity index (χ1) is 16.5. The third-order valence-electron chi connectivity index (χ3n) is 6.92. The van der Waals surface area contributed by atoms with Gasteiger partial charge in [0, 0.05) is 28.4 Å². The van der Waals surface area contributed by atoms with Gasteiger partial charge in [-0.2, -0.15) is 0 Å². The van der Waals surface area contributed by atoms with Crippen LogP contribution in [0.15, 0.2) is 48.5 Å². The van der Waals surface area contributed by atoms with E-state index in [2.05, 4.69) is 5.32 Å². The average molecular weight is 520 g/mol. The van der Waals surface area contributed by atoms with Gasteiger partial charge in [-0.1, -0.05) is 61.3 Å². The van der Waals surface area contributed by atoms with Gasteiger partial charge in [0.2, 0.25) is 11.8 Å². The zero-order valence-electron chi connectivity index (χ0n) is 21.1. The van der Waals surface area contributed by atoms with Gasteiger partial charge in [-0.05, 0) is 69.0 Å². The Morgan fingerprint density at radius 1 is 1.11 bits per heavy atom. The molecule has 2 N–H and O–H groups in total. The lowest BCUT2D eigenvalue weighted by Gasteiger charge is -2.52. The summed E-state index contributed by atoms with van der Waals surface area (Å²) in [5.41, 5.74) is 0.975. The number of aliphatic hydroxyl groups excluding tert-OH is 1. The lowest BCUT2D eigenvalue weighted by molar-refractivity contribution is -0.160. The van der Waals surface area contributed by atoms with E-state index in [4.69, 9.17) is 23.2 Å². The van der Waals surface area contributed by atoms with Crippen molar-refractivity contribution in [2.45, 2.75) is 84.0 Å². The molecule has 2 aromatic rings. The van der Waals surface area contributed by atoms with Gasteiger partial charge in [-0.3, -0.25) is 9.59 Å². The molecule has 1 heterocycles. The molecule has 0 aliphatic carbocycles. The van der Waals surface area contributed by atoms with Crippen molar-refractivity contribution in [2.75, 3.05) is 0 Å². The number of halogens is 2. The number of benzene rings is 2. The largest absolute Gasteiger partial charge is 0.391 e. The summed E-state index contributed by atoms with van der Waals surface area (Å²) in [4.78, 5) is 28.9. The second-order valence-corrected chi connectivity index (χ2v) is 11.1. The fourth-order valence-corrected chi connectivity index (χ4v) is 5.73. The van der Waals surface area contributed by atoms with E-state index in [1.165, 1.54) is 0 Å². The Morgan fingerprint density at radius 3 is 2.31 bits per heavy atom. The summed E-state index contributed by atoms with van der Waals surface area (Å²) in [7, 11) is 0. The Labute approximate surface area is 218 Å². The zero-order valence-corrected chi connectivity index (χ0v) is 22.6. The smallest absolute Gasteiger partial charge is 0.229 e. The number of nitrogens with one attached hydrogen (secondary N) is 1. The highest BCUT2D eigenvalue weighted by atomic mass is 35.5. The second-order valence-electron chi connectivity index (χ2n) is 10.3. The van der Waals surface area contributed by atoms with Crippen molar-refractivity contribution in [1.29, 1.82) is 0 Å². The first-order valence-corrected chi connectivity index (χ1v) is 13.0. The van der Waals surface area contributed by atoms with Crippen LogP contribution < -0.4 is 5.32 Å². The van der Waals surface area contributed by atoms with E-state index in [0.29, 0.717) is 22.9 Å². The van der Waals surface area contributed by atoms with Crippen molar-refractivity contribution in [3.05, 3.63) is 69.7 Å². The molecule has 190 valence electrons. The van der Waals surface area contributed by atoms with E-state index in [-0.39, 0.29) is 36.2 Å². The number of nitrogens with zero attached hydrogens (tertiary/aromatic N) is 1. The molecule has 5 nitrogen and oxygen atoms in total. The van der Waals surface area contributed by atoms with Gasteiger partial charge in [0.05, 0.1) is 23.6 Å². The number of piperidine rings is 1. The molecule has 1 aliphatic rings. The van der Waals surface area contributed by atoms with Gasteiger partial charge in [-0.25, -0.2) is 0 Å². The Bertz CT molecular complexity index is 1040. The number of rotatable bonds is 8. The third-order valence-corrected chi connectivity index (χ3v) is 7.41. The van der Waals surface area contributed by atoms with E-state index >= 15 is 0 Å². The molecule has 1 unspecified atom stereocenters. The number of likely N-dealkylation sites (tertiary alicyclic amines) is 1. The van der Waals surface area contributed by atoms with Crippen LogP contribution in [-0.2, 0) is 9.59 Å². The molecule has 3 rings (SSSR count). The first-order valence-electron chi connectivity index (χ1n) is 12.3. The van der Waals surface area contributed by atoms with E-state index in [0.717, 1.165) is 11.1 Å². The molecular weight excluding hydrogens is 483 g/mol. The number of hydrogen-bond donors (Lipinski definition) is 2. The standard InChI is InChI=1S/C28H36Cl2N2O3/c1-6-24(18(4)33)32-26(19-10-12-21(29)13-11-19)23(20-8-7-9-22(30)14-20)15-28(5,27(32)35)16-25(34)31-17(2)3/h7-14,17-18,23-24,26,33H,6,15-16H2,1-5H3,(H,31,34)/t18-,23+,24?,26+,28+/m0/s1. The van der Waals surface area contributed by atoms with E-state index in [1.807, 2.05) is 81.1 Å². The minimum absolute atomic E-state index is 0.0210. The topological polar surface area (TPSA) is 69.6 Å². The van der Waals surface area contributed by atoms with Crippen LogP contribution in [0.3, 0.4) is 0 Å². The van der Waals surface area contributed by atoms with Crippen LogP contribution in [0.1, 0.15) is 77.0 Å². The lowest BCUT2D eigenvalue weighted by atomic mass is 9.66. The summed E-state index contributed by atoms with van der Waals surface area (Å²) in [5, 5.41) is 14.9. The van der Waals surface area contributed by atoms with Crippen LogP contribution >= 0.6 is 23.2 Å². The van der Waals surface area contributed by atoms with Crippen LogP contribution in [0.4, 0.5) is 0 Å². The maximum absolute atomic E-state index is 14.3. The fraction of sp³-hybridized carbons (Fsp3) is 0.500. The highest BCUT2D eigenvalue weighted by Crippen LogP contribution is 2.52. The minimum Gasteiger partial charge on any atom is -0.391 e. The van der Waals surface area contributed by atoms with Gasteiger partial charge >= 0.3 is 0 Å². The van der Waals surface area contributed by atoms with Crippen LogP contribution in [0, 0.1) is 5.41 Å². The van der Waals surface area contributed by atoms with Gasteiger partial charge < -0.3 is 15.3 Å². The molecule has 7 heteroatoms. The monoisotopic (exact) mass is 518 g/mol. The Morgan fingerprint density at radius 2 is 1.77 bits per heavy atom. The Hall–Kier alpha value is -2.08. The van der Waals surface area contributed by atoms with Crippen molar-refractivity contribution in [3.63, 3.8) is 0 Å². The van der Waals surface area contributed by atoms with Crippen molar-refractivity contribution < 1.29 is 14.7 Å². The number of aliphatic hydroxyl groups is 1. The molecule has 0 aromatic heterocycles. The number of carbonyl (C=O) groups excluding carboxylic acids is 2. The molecule has 0 saturated carbocycles. The molecule has 1 fully saturated rings. The molecule has 0 bridgehead atoms. The molecule has 35 heavy (non-hydrogen) atoms. The summed E-state index contributed by atoms with van der Waals surface area (Å²) >= 11 is 12.6. The summed E-state index contributed by atoms with van der Waals surface area (Å²) in [6, 6.07) is 14.4. The molecule has 0 radical (unpaired) electrons. The summed E-state index contributed by atoms with van der Waals surface area (Å²) in [6.07, 6.45) is 0.369. The van der Waals surface area contributed by atoms with Gasteiger partial charge in [0.25, 0.3) is 0 Å². The summed E-state index contributed by atoms with van der Waals surface area (Å²) < 4.78 is 0. The van der Waals surface area contributed by atoms with Gasteiger partial charge in [0.1, 0.15) is 0 Å². The highest BCUT2D eigenvalue weighted by molar-refractivity contribution is 6.30. The van der Waals surface area contributed by atoms with Crippen LogP contribution in [0.5, 0.6) is 0 Å². The number of carbonyl (C=O) groups is 2. The summed E-state index contributed by atoms with van der Waals surface area (Å²) in [6.45, 7) is 9.36. The van der Waals surface area contributed by atoms with Crippen LogP contribution in [0.25, 0.3) is 0 Å². The van der Waals surface area contributed by atoms with Crippen molar-refractivity contribution >= 4 is 35.0 Å². The number of hydrogen-bond acceptors (Lipinski definition) is 3. The predicted octanol–water partition coefficient (Wildman–Crippen LogP) is 6.13. The second kappa shape index (κ2) is 11.3. The Balaban J connectivity index is 2.20.